The quantitative estimate of drug-likeness (QED) is 0.729. The molecule has 0 amide bonds. The van der Waals surface area contributed by atoms with Gasteiger partial charge in [-0.3, -0.25) is 0 Å². The van der Waals surface area contributed by atoms with E-state index in [2.05, 4.69) is 18.8 Å². The maximum Gasteiger partial charge on any atom is 0.135 e. The van der Waals surface area contributed by atoms with Gasteiger partial charge in [0.2, 0.25) is 0 Å². The van der Waals surface area contributed by atoms with Gasteiger partial charge in [-0.1, -0.05) is 24.9 Å². The Hall–Kier alpha value is -1.32. The monoisotopic (exact) mass is 293 g/mol. The van der Waals surface area contributed by atoms with Gasteiger partial charge in [0.15, 0.2) is 0 Å². The number of hydrogen-bond acceptors (Lipinski definition) is 3. The summed E-state index contributed by atoms with van der Waals surface area (Å²) in [5.74, 6) is 0.779. The number of methoxy groups -OCH3 is 1. The highest BCUT2D eigenvalue weighted by Gasteiger charge is 2.08. The summed E-state index contributed by atoms with van der Waals surface area (Å²) in [5, 5.41) is 1.53. The Bertz CT molecular complexity index is 586. The third-order valence-electron chi connectivity index (χ3n) is 3.27. The van der Waals surface area contributed by atoms with Crippen molar-refractivity contribution in [2.24, 2.45) is 0 Å². The van der Waals surface area contributed by atoms with Gasteiger partial charge < -0.3 is 9.47 Å². The largest absolute Gasteiger partial charge is 0.497 e. The molecule has 0 N–H and O–H groups in total. The van der Waals surface area contributed by atoms with Gasteiger partial charge in [-0.2, -0.15) is 0 Å². The summed E-state index contributed by atoms with van der Waals surface area (Å²) in [6.45, 7) is 4.73. The Kier molecular flexibility index (Phi) is 5.21. The van der Waals surface area contributed by atoms with Crippen molar-refractivity contribution in [2.75, 3.05) is 7.11 Å². The molecule has 0 saturated heterocycles. The zero-order chi connectivity index (χ0) is 14.5. The van der Waals surface area contributed by atoms with Crippen LogP contribution in [0.2, 0.25) is 5.15 Å². The highest BCUT2D eigenvalue weighted by molar-refractivity contribution is 6.30. The first-order chi connectivity index (χ1) is 9.63. The summed E-state index contributed by atoms with van der Waals surface area (Å²) in [6, 6.07) is 7.81. The SMILES string of the molecule is CCCC(C)OCc1cc2ccc(OC)cc2nc1Cl. The maximum absolute atomic E-state index is 6.23. The van der Waals surface area contributed by atoms with E-state index < -0.39 is 0 Å². The van der Waals surface area contributed by atoms with Gasteiger partial charge >= 0.3 is 0 Å². The first-order valence-corrected chi connectivity index (χ1v) is 7.26. The minimum absolute atomic E-state index is 0.239. The molecule has 4 heteroatoms. The number of fused-ring (bicyclic) bond motifs is 1. The van der Waals surface area contributed by atoms with Gasteiger partial charge in [0, 0.05) is 17.0 Å². The maximum atomic E-state index is 6.23. The molecule has 0 spiro atoms. The van der Waals surface area contributed by atoms with E-state index in [1.807, 2.05) is 24.3 Å². The number of nitrogens with zero attached hydrogens (tertiary/aromatic N) is 1. The van der Waals surface area contributed by atoms with Crippen LogP contribution < -0.4 is 4.74 Å². The molecule has 0 aliphatic heterocycles. The molecule has 1 heterocycles. The van der Waals surface area contributed by atoms with Crippen molar-refractivity contribution in [3.05, 3.63) is 35.0 Å². The summed E-state index contributed by atoms with van der Waals surface area (Å²) >= 11 is 6.23. The molecule has 20 heavy (non-hydrogen) atoms. The predicted molar refractivity (Wildman–Crippen MR) is 82.5 cm³/mol. The molecule has 1 atom stereocenters. The second-order valence-electron chi connectivity index (χ2n) is 4.91. The molecule has 2 rings (SSSR count). The van der Waals surface area contributed by atoms with Gasteiger partial charge in [-0.25, -0.2) is 4.98 Å². The lowest BCUT2D eigenvalue weighted by atomic mass is 10.1. The molecule has 0 saturated carbocycles. The molecular formula is C16H20ClNO2. The minimum atomic E-state index is 0.239. The lowest BCUT2D eigenvalue weighted by Gasteiger charge is -2.13. The summed E-state index contributed by atoms with van der Waals surface area (Å²) in [6.07, 6.45) is 2.41. The molecule has 1 aromatic carbocycles. The highest BCUT2D eigenvalue weighted by atomic mass is 35.5. The van der Waals surface area contributed by atoms with Crippen LogP contribution >= 0.6 is 11.6 Å². The zero-order valence-electron chi connectivity index (χ0n) is 12.1. The normalized spacial score (nSPS) is 12.6. The molecule has 0 aliphatic carbocycles. The molecule has 0 bridgehead atoms. The fourth-order valence-corrected chi connectivity index (χ4v) is 2.32. The topological polar surface area (TPSA) is 31.4 Å². The average Bonchev–Trinajstić information content (AvgIpc) is 2.44. The van der Waals surface area contributed by atoms with Crippen LogP contribution in [-0.2, 0) is 11.3 Å². The zero-order valence-corrected chi connectivity index (χ0v) is 12.9. The van der Waals surface area contributed by atoms with Crippen LogP contribution in [-0.4, -0.2) is 18.2 Å². The number of aromatic nitrogens is 1. The van der Waals surface area contributed by atoms with Crippen LogP contribution in [0.25, 0.3) is 10.9 Å². The number of ether oxygens (including phenoxy) is 2. The van der Waals surface area contributed by atoms with Crippen LogP contribution in [0.15, 0.2) is 24.3 Å². The van der Waals surface area contributed by atoms with E-state index in [4.69, 9.17) is 21.1 Å². The molecular weight excluding hydrogens is 274 g/mol. The van der Waals surface area contributed by atoms with Crippen LogP contribution in [0.1, 0.15) is 32.3 Å². The molecule has 2 aromatic rings. The number of benzene rings is 1. The van der Waals surface area contributed by atoms with Crippen molar-refractivity contribution >= 4 is 22.5 Å². The van der Waals surface area contributed by atoms with Gasteiger partial charge in [-0.05, 0) is 31.5 Å². The van der Waals surface area contributed by atoms with Gasteiger partial charge in [0.25, 0.3) is 0 Å². The summed E-state index contributed by atoms with van der Waals surface area (Å²) in [7, 11) is 1.64. The molecule has 0 fully saturated rings. The van der Waals surface area contributed by atoms with E-state index in [0.29, 0.717) is 11.8 Å². The van der Waals surface area contributed by atoms with E-state index in [1.165, 1.54) is 0 Å². The third kappa shape index (κ3) is 3.62. The van der Waals surface area contributed by atoms with Crippen LogP contribution in [0, 0.1) is 0 Å². The molecule has 108 valence electrons. The highest BCUT2D eigenvalue weighted by Crippen LogP contribution is 2.25. The van der Waals surface area contributed by atoms with E-state index in [-0.39, 0.29) is 6.10 Å². The van der Waals surface area contributed by atoms with Gasteiger partial charge in [0.05, 0.1) is 25.3 Å². The minimum Gasteiger partial charge on any atom is -0.497 e. The van der Waals surface area contributed by atoms with Crippen molar-refractivity contribution in [1.82, 2.24) is 4.98 Å². The van der Waals surface area contributed by atoms with Crippen LogP contribution in [0.5, 0.6) is 5.75 Å². The molecule has 1 unspecified atom stereocenters. The third-order valence-corrected chi connectivity index (χ3v) is 3.60. The number of halogens is 1. The van der Waals surface area contributed by atoms with Crippen molar-refractivity contribution in [3.63, 3.8) is 0 Å². The lowest BCUT2D eigenvalue weighted by molar-refractivity contribution is 0.0471. The Morgan fingerprint density at radius 3 is 2.80 bits per heavy atom. The fourth-order valence-electron chi connectivity index (χ4n) is 2.12. The standard InChI is InChI=1S/C16H20ClNO2/c1-4-5-11(2)20-10-13-8-12-6-7-14(19-3)9-15(12)18-16(13)17/h6-9,11H,4-5,10H2,1-3H3. The second kappa shape index (κ2) is 6.91. The van der Waals surface area contributed by atoms with Crippen LogP contribution in [0.4, 0.5) is 0 Å². The van der Waals surface area contributed by atoms with Crippen molar-refractivity contribution < 1.29 is 9.47 Å². The molecule has 0 aliphatic rings. The Labute approximate surface area is 124 Å². The lowest BCUT2D eigenvalue weighted by Crippen LogP contribution is -2.08. The number of rotatable bonds is 6. The molecule has 3 nitrogen and oxygen atoms in total. The summed E-state index contributed by atoms with van der Waals surface area (Å²) < 4.78 is 11.0. The molecule has 1 aromatic heterocycles. The van der Waals surface area contributed by atoms with Gasteiger partial charge in [-0.15, -0.1) is 0 Å². The van der Waals surface area contributed by atoms with Crippen molar-refractivity contribution in [3.8, 4) is 5.75 Å². The molecule has 0 radical (unpaired) electrons. The Balaban J connectivity index is 2.20. The van der Waals surface area contributed by atoms with Gasteiger partial charge in [0.1, 0.15) is 10.9 Å². The van der Waals surface area contributed by atoms with E-state index in [0.717, 1.165) is 35.1 Å². The van der Waals surface area contributed by atoms with Crippen LogP contribution in [0.3, 0.4) is 0 Å². The van der Waals surface area contributed by atoms with Crippen molar-refractivity contribution in [2.45, 2.75) is 39.4 Å². The predicted octanol–water partition coefficient (Wildman–Crippen LogP) is 4.60. The van der Waals surface area contributed by atoms with E-state index in [1.54, 1.807) is 7.11 Å². The second-order valence-corrected chi connectivity index (χ2v) is 5.27. The number of hydrogen-bond donors (Lipinski definition) is 0. The first kappa shape index (κ1) is 15.1. The first-order valence-electron chi connectivity index (χ1n) is 6.88. The van der Waals surface area contributed by atoms with Crippen molar-refractivity contribution in [1.29, 1.82) is 0 Å². The summed E-state index contributed by atoms with van der Waals surface area (Å²) in [5.41, 5.74) is 1.76. The Morgan fingerprint density at radius 1 is 1.30 bits per heavy atom. The fraction of sp³-hybridized carbons (Fsp3) is 0.438. The number of pyridine rings is 1. The summed E-state index contributed by atoms with van der Waals surface area (Å²) in [4.78, 5) is 4.41. The average molecular weight is 294 g/mol. The van der Waals surface area contributed by atoms with E-state index >= 15 is 0 Å². The smallest absolute Gasteiger partial charge is 0.135 e. The van der Waals surface area contributed by atoms with E-state index in [9.17, 15) is 0 Å². The Morgan fingerprint density at radius 2 is 2.10 bits per heavy atom.